The Labute approximate surface area is 139 Å². The maximum Gasteiger partial charge on any atom is 0.223 e. The molecule has 3 rings (SSSR count). The van der Waals surface area contributed by atoms with Crippen molar-refractivity contribution in [2.24, 2.45) is 0 Å². The molecule has 1 heterocycles. The molecule has 1 N–H and O–H groups in total. The average Bonchev–Trinajstić information content (AvgIpc) is 3.23. The number of likely N-dealkylation sites (tertiary alicyclic amines) is 1. The van der Waals surface area contributed by atoms with E-state index in [1.807, 2.05) is 17.0 Å². The first kappa shape index (κ1) is 16.3. The molecule has 1 aromatic carbocycles. The number of hydrogen-bond acceptors (Lipinski definition) is 3. The van der Waals surface area contributed by atoms with Crippen molar-refractivity contribution < 1.29 is 9.90 Å². The summed E-state index contributed by atoms with van der Waals surface area (Å²) in [6, 6.07) is 8.17. The van der Waals surface area contributed by atoms with Gasteiger partial charge in [0.15, 0.2) is 0 Å². The number of phenols is 1. The number of carbonyl (C=O) groups is 1. The van der Waals surface area contributed by atoms with Gasteiger partial charge in [0.05, 0.1) is 0 Å². The Balaban J connectivity index is 1.54. The van der Waals surface area contributed by atoms with E-state index < -0.39 is 0 Å². The van der Waals surface area contributed by atoms with Crippen LogP contribution in [0.5, 0.6) is 5.75 Å². The van der Waals surface area contributed by atoms with E-state index in [9.17, 15) is 9.90 Å². The fourth-order valence-corrected chi connectivity index (χ4v) is 3.50. The smallest absolute Gasteiger partial charge is 0.223 e. The van der Waals surface area contributed by atoms with Crippen molar-refractivity contribution in [3.63, 3.8) is 0 Å². The van der Waals surface area contributed by atoms with Gasteiger partial charge in [-0.1, -0.05) is 12.1 Å². The van der Waals surface area contributed by atoms with Gasteiger partial charge in [-0.3, -0.25) is 4.79 Å². The highest BCUT2D eigenvalue weighted by molar-refractivity contribution is 5.77. The normalized spacial score (nSPS) is 19.7. The second-order valence-corrected chi connectivity index (χ2v) is 7.05. The Morgan fingerprint density at radius 2 is 2.09 bits per heavy atom. The van der Waals surface area contributed by atoms with E-state index in [1.165, 1.54) is 25.9 Å². The van der Waals surface area contributed by atoms with Gasteiger partial charge in [0, 0.05) is 25.0 Å². The third-order valence-corrected chi connectivity index (χ3v) is 5.11. The lowest BCUT2D eigenvalue weighted by atomic mass is 10.1. The summed E-state index contributed by atoms with van der Waals surface area (Å²) < 4.78 is 0. The first-order chi connectivity index (χ1) is 11.1. The van der Waals surface area contributed by atoms with E-state index in [1.54, 1.807) is 12.1 Å². The van der Waals surface area contributed by atoms with Gasteiger partial charge in [0.1, 0.15) is 5.75 Å². The van der Waals surface area contributed by atoms with Crippen molar-refractivity contribution in [1.29, 1.82) is 0 Å². The molecule has 126 valence electrons. The number of carbonyl (C=O) groups excluding carboxylic acids is 1. The number of nitrogens with zero attached hydrogens (tertiary/aromatic N) is 2. The molecular formula is C19H28N2O2. The Morgan fingerprint density at radius 3 is 2.74 bits per heavy atom. The molecule has 1 amide bonds. The van der Waals surface area contributed by atoms with Crippen molar-refractivity contribution in [1.82, 2.24) is 9.80 Å². The number of aromatic hydroxyl groups is 1. The highest BCUT2D eigenvalue weighted by atomic mass is 16.3. The fourth-order valence-electron chi connectivity index (χ4n) is 3.50. The largest absolute Gasteiger partial charge is 0.508 e. The fraction of sp³-hybridized carbons (Fsp3) is 0.632. The van der Waals surface area contributed by atoms with Crippen molar-refractivity contribution in [3.8, 4) is 5.75 Å². The highest BCUT2D eigenvalue weighted by Crippen LogP contribution is 2.30. The van der Waals surface area contributed by atoms with E-state index in [0.29, 0.717) is 25.0 Å². The van der Waals surface area contributed by atoms with Crippen molar-refractivity contribution in [2.75, 3.05) is 13.1 Å². The lowest BCUT2D eigenvalue weighted by Crippen LogP contribution is -2.35. The molecule has 0 aromatic heterocycles. The zero-order valence-corrected chi connectivity index (χ0v) is 14.1. The summed E-state index contributed by atoms with van der Waals surface area (Å²) in [5, 5.41) is 9.61. The first-order valence-corrected chi connectivity index (χ1v) is 8.95. The zero-order chi connectivity index (χ0) is 16.2. The van der Waals surface area contributed by atoms with Crippen LogP contribution in [0.4, 0.5) is 0 Å². The lowest BCUT2D eigenvalue weighted by Gasteiger charge is -2.26. The molecule has 2 fully saturated rings. The molecule has 23 heavy (non-hydrogen) atoms. The number of hydrogen-bond donors (Lipinski definition) is 1. The monoisotopic (exact) mass is 316 g/mol. The van der Waals surface area contributed by atoms with Crippen LogP contribution >= 0.6 is 0 Å². The van der Waals surface area contributed by atoms with Gasteiger partial charge >= 0.3 is 0 Å². The number of amides is 1. The van der Waals surface area contributed by atoms with Crippen LogP contribution in [-0.4, -0.2) is 46.0 Å². The zero-order valence-electron chi connectivity index (χ0n) is 14.1. The van der Waals surface area contributed by atoms with Gasteiger partial charge in [-0.2, -0.15) is 0 Å². The minimum Gasteiger partial charge on any atom is -0.508 e. The quantitative estimate of drug-likeness (QED) is 0.840. The van der Waals surface area contributed by atoms with Gasteiger partial charge in [-0.25, -0.2) is 0 Å². The molecule has 1 saturated carbocycles. The van der Waals surface area contributed by atoms with Crippen LogP contribution in [0.25, 0.3) is 0 Å². The highest BCUT2D eigenvalue weighted by Gasteiger charge is 2.32. The first-order valence-electron chi connectivity index (χ1n) is 8.95. The Hall–Kier alpha value is -1.55. The number of benzene rings is 1. The van der Waals surface area contributed by atoms with E-state index in [0.717, 1.165) is 24.8 Å². The second kappa shape index (κ2) is 7.35. The molecular weight excluding hydrogens is 288 g/mol. The molecule has 4 nitrogen and oxygen atoms in total. The number of rotatable bonds is 7. The van der Waals surface area contributed by atoms with E-state index in [2.05, 4.69) is 11.8 Å². The summed E-state index contributed by atoms with van der Waals surface area (Å²) in [5.74, 6) is 0.537. The summed E-state index contributed by atoms with van der Waals surface area (Å²) in [7, 11) is 0. The second-order valence-electron chi connectivity index (χ2n) is 7.05. The molecule has 0 unspecified atom stereocenters. The Kier molecular flexibility index (Phi) is 5.21. The summed E-state index contributed by atoms with van der Waals surface area (Å²) in [4.78, 5) is 17.2. The maximum atomic E-state index is 12.7. The van der Waals surface area contributed by atoms with Crippen LogP contribution < -0.4 is 0 Å². The molecule has 1 saturated heterocycles. The maximum absolute atomic E-state index is 12.7. The summed E-state index contributed by atoms with van der Waals surface area (Å²) in [6.45, 7) is 5.24. The van der Waals surface area contributed by atoms with Crippen LogP contribution in [0.15, 0.2) is 24.3 Å². The third-order valence-electron chi connectivity index (χ3n) is 5.11. The molecule has 0 bridgehead atoms. The Morgan fingerprint density at radius 1 is 1.35 bits per heavy atom. The van der Waals surface area contributed by atoms with Crippen molar-refractivity contribution in [3.05, 3.63) is 29.8 Å². The lowest BCUT2D eigenvalue weighted by molar-refractivity contribution is -0.132. The Bertz CT molecular complexity index is 536. The minimum atomic E-state index is 0.266. The molecule has 0 radical (unpaired) electrons. The van der Waals surface area contributed by atoms with E-state index in [-0.39, 0.29) is 11.7 Å². The molecule has 0 spiro atoms. The van der Waals surface area contributed by atoms with Crippen molar-refractivity contribution >= 4 is 5.91 Å². The predicted molar refractivity (Wildman–Crippen MR) is 91.2 cm³/mol. The minimum absolute atomic E-state index is 0.266. The van der Waals surface area contributed by atoms with Gasteiger partial charge in [0.2, 0.25) is 5.91 Å². The number of phenolic OH excluding ortho intramolecular Hbond substituents is 1. The molecule has 1 atom stereocenters. The van der Waals surface area contributed by atoms with Crippen LogP contribution in [0.2, 0.25) is 0 Å². The van der Waals surface area contributed by atoms with Crippen LogP contribution in [0, 0.1) is 0 Å². The molecule has 4 heteroatoms. The molecule has 2 aliphatic rings. The van der Waals surface area contributed by atoms with Crippen molar-refractivity contribution in [2.45, 2.75) is 64.1 Å². The third kappa shape index (κ3) is 4.47. The molecule has 1 aromatic rings. The molecule has 1 aliphatic carbocycles. The summed E-state index contributed by atoms with van der Waals surface area (Å²) in [6.07, 6.45) is 6.40. The standard InChI is InChI=1S/C19H28N2O2/c1-15(20-11-2-3-12-20)7-10-19(23)21(17-8-9-17)14-16-5-4-6-18(22)13-16/h4-6,13,15,17,22H,2-3,7-12,14H2,1H3/t15-/m1/s1. The van der Waals surface area contributed by atoms with Gasteiger partial charge in [-0.05, 0) is 69.8 Å². The van der Waals surface area contributed by atoms with E-state index in [4.69, 9.17) is 0 Å². The van der Waals surface area contributed by atoms with Crippen LogP contribution in [-0.2, 0) is 11.3 Å². The summed E-state index contributed by atoms with van der Waals surface area (Å²) in [5.41, 5.74) is 1.01. The van der Waals surface area contributed by atoms with Gasteiger partial charge < -0.3 is 14.9 Å². The predicted octanol–water partition coefficient (Wildman–Crippen LogP) is 3.15. The van der Waals surface area contributed by atoms with Crippen LogP contribution in [0.3, 0.4) is 0 Å². The molecule has 1 aliphatic heterocycles. The topological polar surface area (TPSA) is 43.8 Å². The van der Waals surface area contributed by atoms with Crippen LogP contribution in [0.1, 0.15) is 51.0 Å². The van der Waals surface area contributed by atoms with E-state index >= 15 is 0 Å². The summed E-state index contributed by atoms with van der Waals surface area (Å²) >= 11 is 0. The SMILES string of the molecule is C[C@H](CCC(=O)N(Cc1cccc(O)c1)C1CC1)N1CCCC1. The van der Waals surface area contributed by atoms with Gasteiger partial charge in [0.25, 0.3) is 0 Å². The average molecular weight is 316 g/mol. The van der Waals surface area contributed by atoms with Gasteiger partial charge in [-0.15, -0.1) is 0 Å².